The number of rotatable bonds is 7. The van der Waals surface area contributed by atoms with Crippen LogP contribution in [0.2, 0.25) is 0 Å². The quantitative estimate of drug-likeness (QED) is 0.0587. The summed E-state index contributed by atoms with van der Waals surface area (Å²) in [6.45, 7) is 3.90. The van der Waals surface area contributed by atoms with Gasteiger partial charge in [0.2, 0.25) is 5.75 Å². The predicted octanol–water partition coefficient (Wildman–Crippen LogP) is 8.26. The summed E-state index contributed by atoms with van der Waals surface area (Å²) in [5, 5.41) is 9.89. The highest BCUT2D eigenvalue weighted by Crippen LogP contribution is 2.34. The van der Waals surface area contributed by atoms with Gasteiger partial charge in [0.05, 0.1) is 6.10 Å². The first kappa shape index (κ1) is 46.4. The zero-order valence-corrected chi connectivity index (χ0v) is 30.0. The number of phenols is 1. The minimum atomic E-state index is -7.22. The van der Waals surface area contributed by atoms with Gasteiger partial charge in [-0.3, -0.25) is 0 Å². The molecule has 5 aromatic carbocycles. The van der Waals surface area contributed by atoms with Crippen molar-refractivity contribution in [3.8, 4) is 11.5 Å². The molecule has 0 bridgehead atoms. The van der Waals surface area contributed by atoms with Gasteiger partial charge in [0.1, 0.15) is 65.2 Å². The molecule has 5 rings (SSSR count). The third-order valence-corrected chi connectivity index (χ3v) is 9.68. The summed E-state index contributed by atoms with van der Waals surface area (Å²) in [6, 6.07) is 5.65. The fourth-order valence-electron chi connectivity index (χ4n) is 6.05. The van der Waals surface area contributed by atoms with Crippen molar-refractivity contribution in [2.45, 2.75) is 24.8 Å². The predicted molar refractivity (Wildman–Crippen MR) is 171 cm³/mol. The van der Waals surface area contributed by atoms with Crippen LogP contribution in [0.25, 0.3) is 0 Å². The molecule has 1 N–H and O–H groups in total. The van der Waals surface area contributed by atoms with Gasteiger partial charge in [-0.15, -0.1) is 21.9 Å². The van der Waals surface area contributed by atoms with Crippen LogP contribution < -0.4 is 26.6 Å². The van der Waals surface area contributed by atoms with Crippen LogP contribution in [0, 0.1) is 116 Å². The van der Waals surface area contributed by atoms with Crippen LogP contribution in [-0.4, -0.2) is 29.9 Å². The van der Waals surface area contributed by atoms with Gasteiger partial charge in [0, 0.05) is 10.9 Å². The van der Waals surface area contributed by atoms with Crippen LogP contribution in [0.4, 0.5) is 87.8 Å². The number of hydrogen-bond acceptors (Lipinski definition) is 2. The van der Waals surface area contributed by atoms with E-state index >= 15 is 35.1 Å². The maximum Gasteiger partial charge on any atom is 0.214 e. The highest BCUT2D eigenvalue weighted by Gasteiger charge is 2.52. The van der Waals surface area contributed by atoms with Crippen molar-refractivity contribution in [3.05, 3.63) is 135 Å². The summed E-state index contributed by atoms with van der Waals surface area (Å²) in [6.07, 6.45) is -2.97. The fourth-order valence-corrected chi connectivity index (χ4v) is 6.89. The Morgan fingerprint density at radius 1 is 0.407 bits per heavy atom. The Balaban J connectivity index is 0.000000464. The Morgan fingerprint density at radius 3 is 0.831 bits per heavy atom. The smallest absolute Gasteiger partial charge is 0.214 e. The highest BCUT2D eigenvalue weighted by atomic mass is 32.2. The van der Waals surface area contributed by atoms with E-state index < -0.39 is 144 Å². The van der Waals surface area contributed by atoms with E-state index in [2.05, 4.69) is 12.5 Å². The second-order valence-corrected chi connectivity index (χ2v) is 14.5. The molecule has 318 valence electrons. The van der Waals surface area contributed by atoms with Crippen molar-refractivity contribution in [2.75, 3.05) is 12.5 Å². The lowest BCUT2D eigenvalue weighted by Gasteiger charge is -2.44. The van der Waals surface area contributed by atoms with Crippen LogP contribution in [0.3, 0.4) is 0 Å². The van der Waals surface area contributed by atoms with Gasteiger partial charge in [-0.2, -0.15) is 0 Å². The summed E-state index contributed by atoms with van der Waals surface area (Å²) in [4.78, 5) is 0.961. The molecule has 24 heteroatoms. The molecular weight excluding hydrogens is 875 g/mol. The topological polar surface area (TPSA) is 29.5 Å². The van der Waals surface area contributed by atoms with E-state index in [0.717, 1.165) is 4.90 Å². The zero-order chi connectivity index (χ0) is 45.1. The number of phenolic OH excluding ortho intramolecular Hbond substituents is 1. The minimum absolute atomic E-state index is 0.0544. The van der Waals surface area contributed by atoms with E-state index in [9.17, 15) is 57.8 Å². The molecule has 59 heavy (non-hydrogen) atoms. The molecule has 0 unspecified atom stereocenters. The third kappa shape index (κ3) is 7.25. The Labute approximate surface area is 319 Å². The number of halogens is 20. The molecule has 0 amide bonds. The number of aromatic hydroxyl groups is 1. The van der Waals surface area contributed by atoms with Gasteiger partial charge >= 0.3 is 0 Å². The first-order chi connectivity index (χ1) is 27.2. The molecule has 5 aromatic rings. The third-order valence-electron chi connectivity index (χ3n) is 8.47. The largest absolute Gasteiger partial charge is 0.501 e. The van der Waals surface area contributed by atoms with Gasteiger partial charge in [-0.25, -0.2) is 87.8 Å². The average molecular weight is 892 g/mol. The van der Waals surface area contributed by atoms with E-state index in [1.54, 1.807) is 6.07 Å². The van der Waals surface area contributed by atoms with Crippen molar-refractivity contribution < 1.29 is 97.7 Å². The van der Waals surface area contributed by atoms with E-state index in [-0.39, 0.29) is 22.7 Å². The maximum absolute atomic E-state index is 15.4. The van der Waals surface area contributed by atoms with Crippen LogP contribution >= 0.6 is 0 Å². The number of hydrogen-bond donors (Lipinski definition) is 1. The first-order valence-corrected chi connectivity index (χ1v) is 17.6. The van der Waals surface area contributed by atoms with Gasteiger partial charge in [-0.1, -0.05) is 6.07 Å². The second-order valence-electron chi connectivity index (χ2n) is 12.4. The molecule has 0 spiro atoms. The van der Waals surface area contributed by atoms with Crippen LogP contribution in [0.5, 0.6) is 11.5 Å². The monoisotopic (exact) mass is 892 g/mol. The normalized spacial score (nSPS) is 11.8. The van der Waals surface area contributed by atoms with Gasteiger partial charge < -0.3 is 9.84 Å². The van der Waals surface area contributed by atoms with E-state index in [1.165, 1.54) is 0 Å². The lowest BCUT2D eigenvalue weighted by atomic mass is 9.12. The van der Waals surface area contributed by atoms with Gasteiger partial charge in [0.15, 0.2) is 80.5 Å². The van der Waals surface area contributed by atoms with E-state index in [1.807, 2.05) is 26.0 Å². The number of ether oxygens (including phenoxy) is 1. The van der Waals surface area contributed by atoms with Crippen molar-refractivity contribution in [3.63, 3.8) is 0 Å². The Hall–Kier alpha value is -5.29. The van der Waals surface area contributed by atoms with Crippen molar-refractivity contribution in [2.24, 2.45) is 0 Å². The molecule has 0 fully saturated rings. The Bertz CT molecular complexity index is 2130. The number of para-hydroxylation sites is 1. The molecular formula is C35H17BF20O2S. The zero-order valence-electron chi connectivity index (χ0n) is 29.2. The van der Waals surface area contributed by atoms with Crippen molar-refractivity contribution in [1.29, 1.82) is 0 Å². The molecule has 0 saturated heterocycles. The lowest BCUT2D eigenvalue weighted by molar-refractivity contribution is 0.230. The van der Waals surface area contributed by atoms with Crippen LogP contribution in [0.1, 0.15) is 13.8 Å². The summed E-state index contributed by atoms with van der Waals surface area (Å²) in [7, 11) is 0.0544. The Morgan fingerprint density at radius 2 is 0.627 bits per heavy atom. The molecule has 2 nitrogen and oxygen atoms in total. The standard InChI is InChI=1S/C24BF20.C11H16O2S/c26-5-1(6(27)14(35)21(42)13(5)34)25(2-7(28)15(36)22(43)16(37)8(2)29,3-9(30)17(38)23(44)18(39)10(3)31)4-11(32)19(40)24(45)20(41)12(4)33;1-8(2)13-9-6-5-7-10(11(9)12)14(3)4/h;5-8H,1-4H3/q-1;/p+1. The fraction of sp³-hybridized carbons (Fsp3) is 0.143. The minimum Gasteiger partial charge on any atom is -0.501 e. The van der Waals surface area contributed by atoms with Gasteiger partial charge in [0.25, 0.3) is 0 Å². The van der Waals surface area contributed by atoms with E-state index in [4.69, 9.17) is 4.74 Å². The van der Waals surface area contributed by atoms with Crippen molar-refractivity contribution >= 4 is 38.9 Å². The summed E-state index contributed by atoms with van der Waals surface area (Å²) in [5.74, 6) is -70.5. The molecule has 0 aliphatic carbocycles. The molecule has 0 atom stereocenters. The maximum atomic E-state index is 15.4. The molecule has 0 saturated carbocycles. The second kappa shape index (κ2) is 16.8. The number of benzene rings is 5. The summed E-state index contributed by atoms with van der Waals surface area (Å²) >= 11 is 0. The molecule has 0 aliphatic rings. The van der Waals surface area contributed by atoms with Crippen LogP contribution in [0.15, 0.2) is 23.1 Å². The molecule has 0 radical (unpaired) electrons. The molecule has 0 aromatic heterocycles. The summed E-state index contributed by atoms with van der Waals surface area (Å²) < 4.78 is 299. The molecule has 0 aliphatic heterocycles. The Kier molecular flexibility index (Phi) is 13.2. The molecule has 0 heterocycles. The van der Waals surface area contributed by atoms with Crippen molar-refractivity contribution in [1.82, 2.24) is 0 Å². The highest BCUT2D eigenvalue weighted by molar-refractivity contribution is 7.95. The lowest BCUT2D eigenvalue weighted by Crippen LogP contribution is -2.81. The van der Waals surface area contributed by atoms with Gasteiger partial charge in [-0.05, 0) is 26.0 Å². The average Bonchev–Trinajstić information content (AvgIpc) is 3.18. The summed E-state index contributed by atoms with van der Waals surface area (Å²) in [5.41, 5.74) is -14.3. The SMILES string of the molecule is CC(C)Oc1cccc([S+](C)C)c1O.Fc1c(F)c(F)c([B-](c2c(F)c(F)c(F)c(F)c2F)(c2c(F)c(F)c(F)c(F)c2F)c2c(F)c(F)c(F)c(F)c2F)c(F)c1F. The first-order valence-electron chi connectivity index (χ1n) is 15.5. The van der Waals surface area contributed by atoms with Crippen LogP contribution in [-0.2, 0) is 10.9 Å². The van der Waals surface area contributed by atoms with E-state index in [0.29, 0.717) is 5.75 Å².